The van der Waals surface area contributed by atoms with Crippen LogP contribution >= 0.6 is 0 Å². The largest absolute Gasteiger partial charge is 0.491 e. The standard InChI is InChI=1S/C20H26N2O4/c23-13-14-5-6-18-15(9-14)11-21(7-8-26-18)20(25)16-10-19(24)22(12-16)17-3-1-2-4-17/h5-6,9,16-17,23H,1-4,7-8,10-13H2. The predicted molar refractivity (Wildman–Crippen MR) is 95.4 cm³/mol. The first-order valence-electron chi connectivity index (χ1n) is 9.59. The fourth-order valence-corrected chi connectivity index (χ4v) is 4.46. The molecule has 1 unspecified atom stereocenters. The summed E-state index contributed by atoms with van der Waals surface area (Å²) in [6.45, 7) is 1.97. The summed E-state index contributed by atoms with van der Waals surface area (Å²) in [6, 6.07) is 5.92. The van der Waals surface area contributed by atoms with Crippen LogP contribution in [0.4, 0.5) is 0 Å². The van der Waals surface area contributed by atoms with Gasteiger partial charge in [0.25, 0.3) is 0 Å². The van der Waals surface area contributed by atoms with E-state index in [-0.39, 0.29) is 24.3 Å². The highest BCUT2D eigenvalue weighted by molar-refractivity contribution is 5.89. The second kappa shape index (κ2) is 7.27. The summed E-state index contributed by atoms with van der Waals surface area (Å²) in [5, 5.41) is 9.35. The van der Waals surface area contributed by atoms with Gasteiger partial charge in [-0.05, 0) is 30.5 Å². The Hall–Kier alpha value is -2.08. The summed E-state index contributed by atoms with van der Waals surface area (Å²) in [5.74, 6) is 0.701. The maximum absolute atomic E-state index is 13.1. The molecule has 3 aliphatic rings. The molecule has 4 rings (SSSR count). The monoisotopic (exact) mass is 358 g/mol. The normalized spacial score (nSPS) is 23.7. The van der Waals surface area contributed by atoms with Crippen LogP contribution in [0.2, 0.25) is 0 Å². The molecule has 1 saturated carbocycles. The zero-order valence-corrected chi connectivity index (χ0v) is 15.0. The van der Waals surface area contributed by atoms with Crippen LogP contribution < -0.4 is 4.74 Å². The van der Waals surface area contributed by atoms with Crippen LogP contribution in [-0.4, -0.2) is 52.5 Å². The molecule has 1 aromatic carbocycles. The Morgan fingerprint density at radius 3 is 2.85 bits per heavy atom. The van der Waals surface area contributed by atoms with E-state index in [4.69, 9.17) is 4.74 Å². The molecular formula is C20H26N2O4. The Morgan fingerprint density at radius 1 is 1.27 bits per heavy atom. The van der Waals surface area contributed by atoms with E-state index in [9.17, 15) is 14.7 Å². The van der Waals surface area contributed by atoms with Gasteiger partial charge in [0, 0.05) is 31.1 Å². The number of carbonyl (C=O) groups excluding carboxylic acids is 2. The predicted octanol–water partition coefficient (Wildman–Crippen LogP) is 1.69. The van der Waals surface area contributed by atoms with Gasteiger partial charge in [0.15, 0.2) is 0 Å². The average Bonchev–Trinajstić information content (AvgIpc) is 3.25. The van der Waals surface area contributed by atoms with Crippen molar-refractivity contribution in [1.82, 2.24) is 9.80 Å². The lowest BCUT2D eigenvalue weighted by Crippen LogP contribution is -2.39. The van der Waals surface area contributed by atoms with E-state index >= 15 is 0 Å². The lowest BCUT2D eigenvalue weighted by atomic mass is 10.1. The molecule has 2 aliphatic heterocycles. The van der Waals surface area contributed by atoms with Crippen molar-refractivity contribution in [2.24, 2.45) is 5.92 Å². The molecule has 1 aromatic rings. The SMILES string of the molecule is O=C(C1CC(=O)N(C2CCCC2)C1)N1CCOc2ccc(CO)cc2C1. The van der Waals surface area contributed by atoms with Crippen molar-refractivity contribution in [1.29, 1.82) is 0 Å². The molecule has 140 valence electrons. The molecule has 1 N–H and O–H groups in total. The van der Waals surface area contributed by atoms with Gasteiger partial charge in [0.2, 0.25) is 11.8 Å². The van der Waals surface area contributed by atoms with Gasteiger partial charge in [-0.1, -0.05) is 18.9 Å². The Balaban J connectivity index is 1.46. The second-order valence-electron chi connectivity index (χ2n) is 7.59. The van der Waals surface area contributed by atoms with Crippen molar-refractivity contribution in [3.63, 3.8) is 0 Å². The molecule has 6 nitrogen and oxygen atoms in total. The van der Waals surface area contributed by atoms with Gasteiger partial charge >= 0.3 is 0 Å². The van der Waals surface area contributed by atoms with Crippen molar-refractivity contribution in [2.45, 2.75) is 51.3 Å². The second-order valence-corrected chi connectivity index (χ2v) is 7.59. The minimum atomic E-state index is -0.245. The highest BCUT2D eigenvalue weighted by Gasteiger charge is 2.40. The highest BCUT2D eigenvalue weighted by Crippen LogP contribution is 2.31. The van der Waals surface area contributed by atoms with E-state index < -0.39 is 0 Å². The molecule has 2 amide bonds. The molecule has 2 fully saturated rings. The minimum absolute atomic E-state index is 0.0330. The van der Waals surface area contributed by atoms with Crippen molar-refractivity contribution in [3.8, 4) is 5.75 Å². The first kappa shape index (κ1) is 17.3. The third-order valence-electron chi connectivity index (χ3n) is 5.87. The Labute approximate surface area is 153 Å². The Bertz CT molecular complexity index is 699. The Kier molecular flexibility index (Phi) is 4.85. The zero-order chi connectivity index (χ0) is 18.1. The van der Waals surface area contributed by atoms with E-state index in [1.165, 1.54) is 12.8 Å². The molecule has 6 heteroatoms. The molecule has 1 aliphatic carbocycles. The third-order valence-corrected chi connectivity index (χ3v) is 5.87. The number of carbonyl (C=O) groups is 2. The van der Waals surface area contributed by atoms with E-state index in [1.54, 1.807) is 0 Å². The Morgan fingerprint density at radius 2 is 2.08 bits per heavy atom. The van der Waals surface area contributed by atoms with E-state index in [1.807, 2.05) is 28.0 Å². The number of benzene rings is 1. The summed E-state index contributed by atoms with van der Waals surface area (Å²) in [5.41, 5.74) is 1.73. The molecule has 0 spiro atoms. The van der Waals surface area contributed by atoms with Crippen LogP contribution in [0.3, 0.4) is 0 Å². The van der Waals surface area contributed by atoms with Crippen LogP contribution in [0.25, 0.3) is 0 Å². The molecular weight excluding hydrogens is 332 g/mol. The molecule has 2 heterocycles. The molecule has 0 aromatic heterocycles. The lowest BCUT2D eigenvalue weighted by molar-refractivity contribution is -0.136. The number of hydrogen-bond donors (Lipinski definition) is 1. The van der Waals surface area contributed by atoms with Gasteiger partial charge < -0.3 is 19.6 Å². The van der Waals surface area contributed by atoms with Crippen molar-refractivity contribution in [3.05, 3.63) is 29.3 Å². The summed E-state index contributed by atoms with van der Waals surface area (Å²) in [7, 11) is 0. The van der Waals surface area contributed by atoms with E-state index in [0.717, 1.165) is 29.7 Å². The van der Waals surface area contributed by atoms with Gasteiger partial charge in [-0.25, -0.2) is 0 Å². The smallest absolute Gasteiger partial charge is 0.228 e. The summed E-state index contributed by atoms with van der Waals surface area (Å²) < 4.78 is 5.76. The minimum Gasteiger partial charge on any atom is -0.491 e. The number of ether oxygens (including phenoxy) is 1. The molecule has 0 radical (unpaired) electrons. The summed E-state index contributed by atoms with van der Waals surface area (Å²) in [6.07, 6.45) is 4.83. The molecule has 1 saturated heterocycles. The van der Waals surface area contributed by atoms with E-state index in [2.05, 4.69) is 0 Å². The third kappa shape index (κ3) is 3.30. The average molecular weight is 358 g/mol. The van der Waals surface area contributed by atoms with Crippen LogP contribution in [0.15, 0.2) is 18.2 Å². The van der Waals surface area contributed by atoms with Crippen LogP contribution in [0, 0.1) is 5.92 Å². The van der Waals surface area contributed by atoms with Crippen LogP contribution in [-0.2, 0) is 22.7 Å². The highest BCUT2D eigenvalue weighted by atomic mass is 16.5. The quantitative estimate of drug-likeness (QED) is 0.893. The molecule has 0 bridgehead atoms. The molecule has 26 heavy (non-hydrogen) atoms. The maximum atomic E-state index is 13.1. The van der Waals surface area contributed by atoms with Crippen molar-refractivity contribution < 1.29 is 19.4 Å². The van der Waals surface area contributed by atoms with Crippen LogP contribution in [0.5, 0.6) is 5.75 Å². The summed E-state index contributed by atoms with van der Waals surface area (Å²) in [4.78, 5) is 29.2. The number of aliphatic hydroxyl groups is 1. The van der Waals surface area contributed by atoms with E-state index in [0.29, 0.717) is 38.7 Å². The van der Waals surface area contributed by atoms with Gasteiger partial charge in [-0.15, -0.1) is 0 Å². The van der Waals surface area contributed by atoms with Crippen molar-refractivity contribution in [2.75, 3.05) is 19.7 Å². The zero-order valence-electron chi connectivity index (χ0n) is 15.0. The number of hydrogen-bond acceptors (Lipinski definition) is 4. The lowest BCUT2D eigenvalue weighted by Gasteiger charge is -2.26. The number of likely N-dealkylation sites (tertiary alicyclic amines) is 1. The molecule has 1 atom stereocenters. The fourth-order valence-electron chi connectivity index (χ4n) is 4.46. The number of amides is 2. The van der Waals surface area contributed by atoms with Gasteiger partial charge in [0.1, 0.15) is 12.4 Å². The van der Waals surface area contributed by atoms with Gasteiger partial charge in [0.05, 0.1) is 19.1 Å². The first-order chi connectivity index (χ1) is 12.7. The number of rotatable bonds is 3. The van der Waals surface area contributed by atoms with Gasteiger partial charge in [-0.3, -0.25) is 9.59 Å². The van der Waals surface area contributed by atoms with Crippen LogP contribution in [0.1, 0.15) is 43.2 Å². The van der Waals surface area contributed by atoms with Gasteiger partial charge in [-0.2, -0.15) is 0 Å². The first-order valence-corrected chi connectivity index (χ1v) is 9.59. The number of aliphatic hydroxyl groups excluding tert-OH is 1. The number of fused-ring (bicyclic) bond motifs is 1. The summed E-state index contributed by atoms with van der Waals surface area (Å²) >= 11 is 0. The topological polar surface area (TPSA) is 70.1 Å². The van der Waals surface area contributed by atoms with Crippen molar-refractivity contribution >= 4 is 11.8 Å². The maximum Gasteiger partial charge on any atom is 0.228 e. The fraction of sp³-hybridized carbons (Fsp3) is 0.600. The number of nitrogens with zero attached hydrogens (tertiary/aromatic N) is 2.